The largest absolute Gasteiger partial charge is 0.302 e. The minimum Gasteiger partial charge on any atom is -0.302 e. The average molecular weight is 200 g/mol. The first-order chi connectivity index (χ1) is 6.26. The van der Waals surface area contributed by atoms with Crippen LogP contribution in [0.3, 0.4) is 0 Å². The SMILES string of the molecule is CCN(CC)CCn1ccc(=O)s1. The zero-order valence-electron chi connectivity index (χ0n) is 8.19. The monoisotopic (exact) mass is 200 g/mol. The van der Waals surface area contributed by atoms with Gasteiger partial charge in [0.15, 0.2) is 0 Å². The summed E-state index contributed by atoms with van der Waals surface area (Å²) in [4.78, 5) is 13.2. The highest BCUT2D eigenvalue weighted by Gasteiger charge is 1.99. The van der Waals surface area contributed by atoms with Gasteiger partial charge in [-0.15, -0.1) is 0 Å². The zero-order chi connectivity index (χ0) is 9.68. The molecule has 0 spiro atoms. The van der Waals surface area contributed by atoms with Crippen molar-refractivity contribution in [3.8, 4) is 0 Å². The molecule has 1 aromatic heterocycles. The van der Waals surface area contributed by atoms with Crippen LogP contribution in [0.25, 0.3) is 0 Å². The van der Waals surface area contributed by atoms with Crippen LogP contribution >= 0.6 is 11.5 Å². The summed E-state index contributed by atoms with van der Waals surface area (Å²) in [6.07, 6.45) is 1.86. The van der Waals surface area contributed by atoms with E-state index in [0.29, 0.717) is 0 Å². The maximum Gasteiger partial charge on any atom is 0.249 e. The van der Waals surface area contributed by atoms with Crippen molar-refractivity contribution in [3.63, 3.8) is 0 Å². The number of aromatic nitrogens is 1. The first-order valence-electron chi connectivity index (χ1n) is 4.65. The van der Waals surface area contributed by atoms with E-state index in [9.17, 15) is 4.79 Å². The molecule has 3 nitrogen and oxygen atoms in total. The molecule has 0 fully saturated rings. The fourth-order valence-electron chi connectivity index (χ4n) is 1.22. The summed E-state index contributed by atoms with van der Waals surface area (Å²) in [5, 5.41) is 0. The second-order valence-electron chi connectivity index (χ2n) is 2.89. The molecule has 0 aromatic carbocycles. The highest BCUT2D eigenvalue weighted by molar-refractivity contribution is 7.03. The molecule has 0 atom stereocenters. The predicted octanol–water partition coefficient (Wildman–Crippen LogP) is 1.25. The molecule has 1 heterocycles. The van der Waals surface area contributed by atoms with Crippen molar-refractivity contribution in [1.82, 2.24) is 8.86 Å². The van der Waals surface area contributed by atoms with E-state index < -0.39 is 0 Å². The fraction of sp³-hybridized carbons (Fsp3) is 0.667. The van der Waals surface area contributed by atoms with Crippen LogP contribution in [0.4, 0.5) is 0 Å². The Morgan fingerprint density at radius 2 is 2.15 bits per heavy atom. The quantitative estimate of drug-likeness (QED) is 0.715. The molecule has 4 heteroatoms. The van der Waals surface area contributed by atoms with Crippen LogP contribution in [0, 0.1) is 0 Å². The van der Waals surface area contributed by atoms with Crippen LogP contribution in [0.15, 0.2) is 17.1 Å². The van der Waals surface area contributed by atoms with E-state index in [1.807, 2.05) is 10.2 Å². The molecule has 0 aliphatic heterocycles. The molecule has 0 saturated carbocycles. The Hall–Kier alpha value is -0.610. The highest BCUT2D eigenvalue weighted by atomic mass is 32.1. The number of hydrogen-bond donors (Lipinski definition) is 0. The maximum absolute atomic E-state index is 10.9. The summed E-state index contributed by atoms with van der Waals surface area (Å²) >= 11 is 1.29. The van der Waals surface area contributed by atoms with Gasteiger partial charge in [0.1, 0.15) is 0 Å². The smallest absolute Gasteiger partial charge is 0.249 e. The Balaban J connectivity index is 2.38. The third-order valence-electron chi connectivity index (χ3n) is 2.12. The van der Waals surface area contributed by atoms with Crippen LogP contribution in [-0.4, -0.2) is 28.5 Å². The lowest BCUT2D eigenvalue weighted by molar-refractivity contribution is 0.294. The lowest BCUT2D eigenvalue weighted by atomic mass is 10.5. The molecule has 74 valence electrons. The molecule has 0 saturated heterocycles. The van der Waals surface area contributed by atoms with Gasteiger partial charge in [0.25, 0.3) is 0 Å². The summed E-state index contributed by atoms with van der Waals surface area (Å²) in [5.41, 5.74) is 0. The lowest BCUT2D eigenvalue weighted by Crippen LogP contribution is -2.26. The van der Waals surface area contributed by atoms with Crippen molar-refractivity contribution in [2.45, 2.75) is 20.4 Å². The van der Waals surface area contributed by atoms with Gasteiger partial charge in [-0.05, 0) is 24.6 Å². The summed E-state index contributed by atoms with van der Waals surface area (Å²) in [6.45, 7) is 8.41. The van der Waals surface area contributed by atoms with Crippen LogP contribution in [0.2, 0.25) is 0 Å². The van der Waals surface area contributed by atoms with Gasteiger partial charge >= 0.3 is 0 Å². The molecule has 0 unspecified atom stereocenters. The molecule has 0 aliphatic rings. The molecule has 0 amide bonds. The molecule has 0 N–H and O–H groups in total. The first-order valence-corrected chi connectivity index (χ1v) is 5.42. The van der Waals surface area contributed by atoms with E-state index in [0.717, 1.165) is 26.2 Å². The van der Waals surface area contributed by atoms with Crippen molar-refractivity contribution in [2.75, 3.05) is 19.6 Å². The number of rotatable bonds is 5. The molecular formula is C9H16N2OS. The van der Waals surface area contributed by atoms with Gasteiger partial charge in [-0.3, -0.25) is 4.79 Å². The van der Waals surface area contributed by atoms with E-state index in [1.54, 1.807) is 6.07 Å². The van der Waals surface area contributed by atoms with Crippen molar-refractivity contribution in [3.05, 3.63) is 21.8 Å². The van der Waals surface area contributed by atoms with Crippen LogP contribution in [-0.2, 0) is 6.54 Å². The van der Waals surface area contributed by atoms with Crippen molar-refractivity contribution >= 4 is 11.5 Å². The Morgan fingerprint density at radius 1 is 1.46 bits per heavy atom. The van der Waals surface area contributed by atoms with E-state index in [1.165, 1.54) is 11.5 Å². The number of hydrogen-bond acceptors (Lipinski definition) is 3. The first kappa shape index (κ1) is 10.5. The van der Waals surface area contributed by atoms with Gasteiger partial charge in [-0.1, -0.05) is 13.8 Å². The fourth-order valence-corrected chi connectivity index (χ4v) is 1.87. The van der Waals surface area contributed by atoms with Gasteiger partial charge in [0, 0.05) is 25.4 Å². The molecular weight excluding hydrogens is 184 g/mol. The second kappa shape index (κ2) is 5.19. The third-order valence-corrected chi connectivity index (χ3v) is 2.97. The van der Waals surface area contributed by atoms with E-state index in [2.05, 4.69) is 18.7 Å². The van der Waals surface area contributed by atoms with E-state index in [4.69, 9.17) is 0 Å². The Kier molecular flexibility index (Phi) is 4.18. The van der Waals surface area contributed by atoms with Crippen LogP contribution in [0.5, 0.6) is 0 Å². The summed E-state index contributed by atoms with van der Waals surface area (Å²) < 4.78 is 2.13. The molecule has 1 rings (SSSR count). The molecule has 13 heavy (non-hydrogen) atoms. The Morgan fingerprint density at radius 3 is 2.62 bits per heavy atom. The number of nitrogens with zero attached hydrogens (tertiary/aromatic N) is 2. The average Bonchev–Trinajstić information content (AvgIpc) is 2.53. The van der Waals surface area contributed by atoms with Crippen molar-refractivity contribution in [2.24, 2.45) is 0 Å². The summed E-state index contributed by atoms with van der Waals surface area (Å²) in [5.74, 6) is 0. The minimum atomic E-state index is 0.138. The predicted molar refractivity (Wildman–Crippen MR) is 56.4 cm³/mol. The van der Waals surface area contributed by atoms with Crippen LogP contribution in [0.1, 0.15) is 13.8 Å². The topological polar surface area (TPSA) is 25.2 Å². The van der Waals surface area contributed by atoms with Gasteiger partial charge < -0.3 is 8.86 Å². The molecule has 1 aromatic rings. The highest BCUT2D eigenvalue weighted by Crippen LogP contribution is 1.94. The van der Waals surface area contributed by atoms with Crippen LogP contribution < -0.4 is 4.74 Å². The van der Waals surface area contributed by atoms with E-state index in [-0.39, 0.29) is 4.74 Å². The molecule has 0 radical (unpaired) electrons. The van der Waals surface area contributed by atoms with Gasteiger partial charge in [0.05, 0.1) is 0 Å². The van der Waals surface area contributed by atoms with Crippen molar-refractivity contribution in [1.29, 1.82) is 0 Å². The Bertz CT molecular complexity index is 288. The molecule has 0 aliphatic carbocycles. The maximum atomic E-state index is 10.9. The normalized spacial score (nSPS) is 11.0. The Labute approximate surface area is 82.8 Å². The van der Waals surface area contributed by atoms with Gasteiger partial charge in [-0.25, -0.2) is 0 Å². The minimum absolute atomic E-state index is 0.138. The second-order valence-corrected chi connectivity index (χ2v) is 3.95. The standard InChI is InChI=1S/C9H16N2OS/c1-3-10(4-2)7-8-11-6-5-9(12)13-11/h5-6H,3-4,7-8H2,1-2H3. The molecule has 0 bridgehead atoms. The van der Waals surface area contributed by atoms with Crippen molar-refractivity contribution < 1.29 is 0 Å². The summed E-state index contributed by atoms with van der Waals surface area (Å²) in [6, 6.07) is 1.62. The van der Waals surface area contributed by atoms with Gasteiger partial charge in [0.2, 0.25) is 4.74 Å². The lowest BCUT2D eigenvalue weighted by Gasteiger charge is -2.17. The zero-order valence-corrected chi connectivity index (χ0v) is 9.01. The number of likely N-dealkylation sites (N-methyl/N-ethyl adjacent to an activating group) is 1. The van der Waals surface area contributed by atoms with E-state index >= 15 is 0 Å². The third kappa shape index (κ3) is 3.32. The van der Waals surface area contributed by atoms with Gasteiger partial charge in [-0.2, -0.15) is 0 Å². The summed E-state index contributed by atoms with van der Waals surface area (Å²) in [7, 11) is 0.